The summed E-state index contributed by atoms with van der Waals surface area (Å²) in [7, 11) is 0. The molecule has 2 heterocycles. The van der Waals surface area contributed by atoms with Crippen molar-refractivity contribution in [3.05, 3.63) is 112 Å². The summed E-state index contributed by atoms with van der Waals surface area (Å²) < 4.78 is 5.88. The van der Waals surface area contributed by atoms with Crippen molar-refractivity contribution in [2.24, 2.45) is 0 Å². The minimum absolute atomic E-state index is 0.192. The topological polar surface area (TPSA) is 54.2 Å². The van der Waals surface area contributed by atoms with E-state index in [2.05, 4.69) is 104 Å². The second-order valence-electron chi connectivity index (χ2n) is 9.34. The van der Waals surface area contributed by atoms with Crippen LogP contribution in [0.2, 0.25) is 0 Å². The van der Waals surface area contributed by atoms with E-state index in [-0.39, 0.29) is 6.04 Å². The molecule has 182 valence electrons. The molecule has 1 N–H and O–H groups in total. The van der Waals surface area contributed by atoms with Gasteiger partial charge in [0.05, 0.1) is 11.6 Å². The van der Waals surface area contributed by atoms with Crippen LogP contribution in [0.15, 0.2) is 83.0 Å². The molecule has 1 aromatic heterocycles. The predicted octanol–water partition coefficient (Wildman–Crippen LogP) is 6.78. The van der Waals surface area contributed by atoms with Gasteiger partial charge in [0.15, 0.2) is 5.11 Å². The summed E-state index contributed by atoms with van der Waals surface area (Å²) in [4.78, 5) is 6.95. The van der Waals surface area contributed by atoms with Gasteiger partial charge in [-0.2, -0.15) is 4.98 Å². The third-order valence-corrected chi connectivity index (χ3v) is 7.08. The largest absolute Gasteiger partial charge is 0.351 e. The van der Waals surface area contributed by atoms with Crippen LogP contribution in [-0.4, -0.2) is 20.2 Å². The van der Waals surface area contributed by atoms with Crippen LogP contribution >= 0.6 is 12.2 Å². The molecule has 0 aliphatic carbocycles. The summed E-state index contributed by atoms with van der Waals surface area (Å²) in [6, 6.07) is 25.1. The minimum Gasteiger partial charge on any atom is -0.351 e. The van der Waals surface area contributed by atoms with Crippen LogP contribution in [0.25, 0.3) is 17.0 Å². The molecule has 1 aliphatic rings. The first-order valence-electron chi connectivity index (χ1n) is 12.3. The molecule has 0 spiro atoms. The van der Waals surface area contributed by atoms with Crippen molar-refractivity contribution in [2.45, 2.75) is 46.7 Å². The number of nitrogens with zero attached hydrogens (tertiary/aromatic N) is 3. The highest BCUT2D eigenvalue weighted by molar-refractivity contribution is 7.80. The molecule has 1 unspecified atom stereocenters. The van der Waals surface area contributed by atoms with E-state index in [4.69, 9.17) is 21.7 Å². The summed E-state index contributed by atoms with van der Waals surface area (Å²) in [5.74, 6) is 1.07. The van der Waals surface area contributed by atoms with E-state index in [1.807, 2.05) is 12.1 Å². The highest BCUT2D eigenvalue weighted by atomic mass is 32.1. The van der Waals surface area contributed by atoms with Crippen LogP contribution in [0.4, 0.5) is 0 Å². The van der Waals surface area contributed by atoms with Gasteiger partial charge in [-0.05, 0) is 56.1 Å². The van der Waals surface area contributed by atoms with E-state index in [9.17, 15) is 0 Å². The van der Waals surface area contributed by atoms with E-state index >= 15 is 0 Å². The van der Waals surface area contributed by atoms with Crippen LogP contribution in [-0.2, 0) is 13.0 Å². The van der Waals surface area contributed by atoms with E-state index in [1.54, 1.807) is 0 Å². The molecule has 5 nitrogen and oxygen atoms in total. The van der Waals surface area contributed by atoms with Gasteiger partial charge in [0.1, 0.15) is 0 Å². The number of allylic oxidation sites excluding steroid dienone is 1. The first-order valence-corrected chi connectivity index (χ1v) is 12.7. The Hall–Kier alpha value is -3.77. The quantitative estimate of drug-likeness (QED) is 0.298. The Balaban J connectivity index is 1.57. The maximum absolute atomic E-state index is 5.88. The molecule has 1 atom stereocenters. The number of rotatable bonds is 6. The molecule has 0 bridgehead atoms. The number of aromatic nitrogens is 2. The number of nitrogens with one attached hydrogen (secondary N) is 1. The van der Waals surface area contributed by atoms with Gasteiger partial charge < -0.3 is 14.7 Å². The summed E-state index contributed by atoms with van der Waals surface area (Å²) in [5, 5.41) is 8.56. The standard InChI is InChI=1S/C30H30N4OS/c1-5-22-12-16-25(17-13-22)28-32-29(35-33-28)26-21(4)34(18-23-10-6-19(2)7-11-23)30(36)31-27(26)24-14-8-20(3)9-15-24/h6-17,27H,5,18H2,1-4H3,(H,31,36). The van der Waals surface area contributed by atoms with Crippen molar-refractivity contribution in [1.29, 1.82) is 0 Å². The lowest BCUT2D eigenvalue weighted by molar-refractivity contribution is 0.396. The van der Waals surface area contributed by atoms with Crippen molar-refractivity contribution < 1.29 is 4.52 Å². The highest BCUT2D eigenvalue weighted by Gasteiger charge is 2.34. The van der Waals surface area contributed by atoms with Gasteiger partial charge in [-0.15, -0.1) is 0 Å². The van der Waals surface area contributed by atoms with Gasteiger partial charge in [0.2, 0.25) is 5.82 Å². The average Bonchev–Trinajstić information content (AvgIpc) is 3.37. The fraction of sp³-hybridized carbons (Fsp3) is 0.233. The van der Waals surface area contributed by atoms with Crippen molar-refractivity contribution in [1.82, 2.24) is 20.4 Å². The molecule has 5 rings (SSSR count). The first-order chi connectivity index (χ1) is 17.4. The second-order valence-corrected chi connectivity index (χ2v) is 9.72. The number of hydrogen-bond donors (Lipinski definition) is 1. The molecular weight excluding hydrogens is 464 g/mol. The van der Waals surface area contributed by atoms with Gasteiger partial charge in [0, 0.05) is 17.8 Å². The molecule has 0 saturated carbocycles. The lowest BCUT2D eigenvalue weighted by Gasteiger charge is -2.37. The normalized spacial score (nSPS) is 15.8. The van der Waals surface area contributed by atoms with Gasteiger partial charge in [-0.3, -0.25) is 0 Å². The fourth-order valence-electron chi connectivity index (χ4n) is 4.47. The zero-order chi connectivity index (χ0) is 25.2. The molecule has 0 amide bonds. The van der Waals surface area contributed by atoms with Crippen molar-refractivity contribution in [2.75, 3.05) is 0 Å². The maximum Gasteiger partial charge on any atom is 0.258 e. The molecule has 36 heavy (non-hydrogen) atoms. The van der Waals surface area contributed by atoms with Crippen LogP contribution in [0.1, 0.15) is 53.6 Å². The summed E-state index contributed by atoms with van der Waals surface area (Å²) in [6.45, 7) is 9.06. The number of thiocarbonyl (C=S) groups is 1. The van der Waals surface area contributed by atoms with Crippen LogP contribution in [0, 0.1) is 13.8 Å². The summed E-state index contributed by atoms with van der Waals surface area (Å²) in [5.41, 5.74) is 8.86. The predicted molar refractivity (Wildman–Crippen MR) is 148 cm³/mol. The Morgan fingerprint density at radius 3 is 2.11 bits per heavy atom. The average molecular weight is 495 g/mol. The van der Waals surface area contributed by atoms with Gasteiger partial charge in [0.25, 0.3) is 5.89 Å². The van der Waals surface area contributed by atoms with Crippen molar-refractivity contribution >= 4 is 22.9 Å². The van der Waals surface area contributed by atoms with Crippen LogP contribution in [0.3, 0.4) is 0 Å². The molecule has 6 heteroatoms. The monoisotopic (exact) mass is 494 g/mol. The fourth-order valence-corrected chi connectivity index (χ4v) is 4.79. The number of benzene rings is 3. The molecule has 4 aromatic rings. The second kappa shape index (κ2) is 10.1. The molecule has 3 aromatic carbocycles. The zero-order valence-corrected chi connectivity index (χ0v) is 21.9. The van der Waals surface area contributed by atoms with Crippen molar-refractivity contribution in [3.63, 3.8) is 0 Å². The Morgan fingerprint density at radius 2 is 1.47 bits per heavy atom. The SMILES string of the molecule is CCc1ccc(-c2noc(C3=C(C)N(Cc4ccc(C)cc4)C(=S)NC3c3ccc(C)cc3)n2)cc1. The minimum atomic E-state index is -0.192. The molecule has 1 aliphatic heterocycles. The third kappa shape index (κ3) is 4.82. The van der Waals surface area contributed by atoms with Gasteiger partial charge in [-0.25, -0.2) is 0 Å². The summed E-state index contributed by atoms with van der Waals surface area (Å²) in [6.07, 6.45) is 0.991. The molecule has 0 radical (unpaired) electrons. The number of hydrogen-bond acceptors (Lipinski definition) is 4. The third-order valence-electron chi connectivity index (χ3n) is 6.75. The smallest absolute Gasteiger partial charge is 0.258 e. The van der Waals surface area contributed by atoms with E-state index in [1.165, 1.54) is 22.3 Å². The summed E-state index contributed by atoms with van der Waals surface area (Å²) >= 11 is 5.85. The van der Waals surface area contributed by atoms with E-state index in [0.717, 1.165) is 28.8 Å². The van der Waals surface area contributed by atoms with Crippen LogP contribution in [0.5, 0.6) is 0 Å². The lowest BCUT2D eigenvalue weighted by atomic mass is 9.94. The Labute approximate surface area is 217 Å². The molecule has 0 fully saturated rings. The van der Waals surface area contributed by atoms with Crippen molar-refractivity contribution in [3.8, 4) is 11.4 Å². The lowest BCUT2D eigenvalue weighted by Crippen LogP contribution is -2.45. The Morgan fingerprint density at radius 1 is 0.861 bits per heavy atom. The van der Waals surface area contributed by atoms with Gasteiger partial charge in [-0.1, -0.05) is 96.0 Å². The zero-order valence-electron chi connectivity index (χ0n) is 21.1. The number of aryl methyl sites for hydroxylation is 3. The Bertz CT molecular complexity index is 1400. The molecule has 0 saturated heterocycles. The maximum atomic E-state index is 5.88. The Kier molecular flexibility index (Phi) is 6.70. The first kappa shape index (κ1) is 23.9. The van der Waals surface area contributed by atoms with Gasteiger partial charge >= 0.3 is 0 Å². The molecular formula is C30H30N4OS. The van der Waals surface area contributed by atoms with E-state index in [0.29, 0.717) is 23.4 Å². The highest BCUT2D eigenvalue weighted by Crippen LogP contribution is 2.38. The van der Waals surface area contributed by atoms with E-state index < -0.39 is 0 Å². The van der Waals surface area contributed by atoms with Crippen LogP contribution < -0.4 is 5.32 Å².